The summed E-state index contributed by atoms with van der Waals surface area (Å²) in [4.78, 5) is 31.2. The van der Waals surface area contributed by atoms with Gasteiger partial charge in [-0.15, -0.1) is 0 Å². The van der Waals surface area contributed by atoms with Crippen molar-refractivity contribution in [3.05, 3.63) is 65.5 Å². The molecule has 1 N–H and O–H groups in total. The molecule has 1 aromatic carbocycles. The molecule has 0 aliphatic carbocycles. The van der Waals surface area contributed by atoms with E-state index in [2.05, 4.69) is 10.3 Å². The van der Waals surface area contributed by atoms with Crippen LogP contribution in [0.15, 0.2) is 48.7 Å². The standard InChI is InChI=1S/C18H22N4O2/c1-21(2)17(23)15-9-7-14(8-10-15)12-20-18(24)22(3)13-16-6-4-5-11-19-16/h4-11H,12-13H2,1-3H3,(H,20,24). The topological polar surface area (TPSA) is 65.5 Å². The van der Waals surface area contributed by atoms with Crippen molar-refractivity contribution in [2.45, 2.75) is 13.1 Å². The van der Waals surface area contributed by atoms with Crippen LogP contribution in [0.5, 0.6) is 0 Å². The number of nitrogens with one attached hydrogen (secondary N) is 1. The molecule has 0 atom stereocenters. The Labute approximate surface area is 142 Å². The lowest BCUT2D eigenvalue weighted by molar-refractivity contribution is 0.0827. The van der Waals surface area contributed by atoms with Gasteiger partial charge in [-0.2, -0.15) is 0 Å². The van der Waals surface area contributed by atoms with E-state index >= 15 is 0 Å². The van der Waals surface area contributed by atoms with Crippen molar-refractivity contribution < 1.29 is 9.59 Å². The lowest BCUT2D eigenvalue weighted by Crippen LogP contribution is -2.36. The van der Waals surface area contributed by atoms with Crippen molar-refractivity contribution in [2.24, 2.45) is 0 Å². The van der Waals surface area contributed by atoms with Gasteiger partial charge in [-0.3, -0.25) is 9.78 Å². The summed E-state index contributed by atoms with van der Waals surface area (Å²) in [6.45, 7) is 0.852. The van der Waals surface area contributed by atoms with E-state index in [9.17, 15) is 9.59 Å². The highest BCUT2D eigenvalue weighted by Gasteiger charge is 2.10. The number of rotatable bonds is 5. The number of hydrogen-bond donors (Lipinski definition) is 1. The predicted octanol–water partition coefficient (Wildman–Crippen LogP) is 2.12. The van der Waals surface area contributed by atoms with E-state index in [4.69, 9.17) is 0 Å². The Hall–Kier alpha value is -2.89. The maximum atomic E-state index is 12.1. The third-order valence-electron chi connectivity index (χ3n) is 3.52. The summed E-state index contributed by atoms with van der Waals surface area (Å²) in [6.07, 6.45) is 1.71. The Morgan fingerprint density at radius 2 is 1.75 bits per heavy atom. The lowest BCUT2D eigenvalue weighted by atomic mass is 10.1. The molecular formula is C18H22N4O2. The quantitative estimate of drug-likeness (QED) is 0.915. The van der Waals surface area contributed by atoms with E-state index in [0.29, 0.717) is 18.7 Å². The van der Waals surface area contributed by atoms with Crippen molar-refractivity contribution in [3.8, 4) is 0 Å². The van der Waals surface area contributed by atoms with Crippen LogP contribution in [0.25, 0.3) is 0 Å². The fourth-order valence-corrected chi connectivity index (χ4v) is 2.14. The maximum absolute atomic E-state index is 12.1. The van der Waals surface area contributed by atoms with Gasteiger partial charge in [0, 0.05) is 39.4 Å². The molecule has 0 bridgehead atoms. The number of nitrogens with zero attached hydrogens (tertiary/aromatic N) is 3. The minimum atomic E-state index is -0.172. The van der Waals surface area contributed by atoms with E-state index in [1.165, 1.54) is 4.90 Å². The summed E-state index contributed by atoms with van der Waals surface area (Å²) in [5.41, 5.74) is 2.40. The zero-order valence-electron chi connectivity index (χ0n) is 14.2. The van der Waals surface area contributed by atoms with Gasteiger partial charge in [-0.25, -0.2) is 4.79 Å². The average Bonchev–Trinajstić information content (AvgIpc) is 2.60. The molecule has 0 unspecified atom stereocenters. The van der Waals surface area contributed by atoms with Gasteiger partial charge in [0.1, 0.15) is 0 Å². The van der Waals surface area contributed by atoms with Gasteiger partial charge in [0.25, 0.3) is 5.91 Å². The molecule has 6 nitrogen and oxygen atoms in total. The first-order valence-corrected chi connectivity index (χ1v) is 7.67. The molecule has 0 aliphatic rings. The van der Waals surface area contributed by atoms with Crippen molar-refractivity contribution in [2.75, 3.05) is 21.1 Å². The molecule has 1 heterocycles. The van der Waals surface area contributed by atoms with Gasteiger partial charge < -0.3 is 15.1 Å². The lowest BCUT2D eigenvalue weighted by Gasteiger charge is -2.17. The van der Waals surface area contributed by atoms with Gasteiger partial charge in [0.05, 0.1) is 12.2 Å². The minimum Gasteiger partial charge on any atom is -0.345 e. The Bertz CT molecular complexity index is 684. The van der Waals surface area contributed by atoms with E-state index in [0.717, 1.165) is 11.3 Å². The van der Waals surface area contributed by atoms with Crippen molar-refractivity contribution in [1.29, 1.82) is 0 Å². The van der Waals surface area contributed by atoms with Crippen LogP contribution in [0.4, 0.5) is 4.79 Å². The van der Waals surface area contributed by atoms with Gasteiger partial charge in [0.2, 0.25) is 0 Å². The van der Waals surface area contributed by atoms with Crippen LogP contribution in [0.2, 0.25) is 0 Å². The van der Waals surface area contributed by atoms with Gasteiger partial charge in [-0.1, -0.05) is 18.2 Å². The fraction of sp³-hybridized carbons (Fsp3) is 0.278. The highest BCUT2D eigenvalue weighted by molar-refractivity contribution is 5.93. The summed E-state index contributed by atoms with van der Waals surface area (Å²) >= 11 is 0. The molecule has 0 spiro atoms. The second kappa shape index (κ2) is 8.10. The van der Waals surface area contributed by atoms with E-state index in [1.807, 2.05) is 30.3 Å². The largest absolute Gasteiger partial charge is 0.345 e. The van der Waals surface area contributed by atoms with Crippen molar-refractivity contribution in [3.63, 3.8) is 0 Å². The summed E-state index contributed by atoms with van der Waals surface area (Å²) in [6, 6.07) is 12.7. The number of benzene rings is 1. The van der Waals surface area contributed by atoms with Crippen molar-refractivity contribution >= 4 is 11.9 Å². The smallest absolute Gasteiger partial charge is 0.317 e. The van der Waals surface area contributed by atoms with Crippen LogP contribution in [-0.2, 0) is 13.1 Å². The maximum Gasteiger partial charge on any atom is 0.317 e. The SMILES string of the molecule is CN(C)C(=O)c1ccc(CNC(=O)N(C)Cc2ccccn2)cc1. The van der Waals surface area contributed by atoms with Gasteiger partial charge in [-0.05, 0) is 29.8 Å². The van der Waals surface area contributed by atoms with Crippen LogP contribution in [0.3, 0.4) is 0 Å². The average molecular weight is 326 g/mol. The van der Waals surface area contributed by atoms with E-state index < -0.39 is 0 Å². The fourth-order valence-electron chi connectivity index (χ4n) is 2.14. The Balaban J connectivity index is 1.86. The predicted molar refractivity (Wildman–Crippen MR) is 92.4 cm³/mol. The monoisotopic (exact) mass is 326 g/mol. The molecule has 0 radical (unpaired) electrons. The molecule has 0 fully saturated rings. The molecule has 3 amide bonds. The third-order valence-corrected chi connectivity index (χ3v) is 3.52. The second-order valence-corrected chi connectivity index (χ2v) is 5.73. The summed E-state index contributed by atoms with van der Waals surface area (Å²) < 4.78 is 0. The van der Waals surface area contributed by atoms with Crippen molar-refractivity contribution in [1.82, 2.24) is 20.1 Å². The van der Waals surface area contributed by atoms with Crippen LogP contribution in [-0.4, -0.2) is 47.9 Å². The molecule has 126 valence electrons. The van der Waals surface area contributed by atoms with Crippen LogP contribution in [0, 0.1) is 0 Å². The second-order valence-electron chi connectivity index (χ2n) is 5.73. The van der Waals surface area contributed by atoms with E-state index in [-0.39, 0.29) is 11.9 Å². The Morgan fingerprint density at radius 1 is 1.04 bits per heavy atom. The number of carbonyl (C=O) groups excluding carboxylic acids is 2. The molecular weight excluding hydrogens is 304 g/mol. The number of pyridine rings is 1. The highest BCUT2D eigenvalue weighted by Crippen LogP contribution is 2.07. The Kier molecular flexibility index (Phi) is 5.89. The zero-order chi connectivity index (χ0) is 17.5. The first-order valence-electron chi connectivity index (χ1n) is 7.67. The normalized spacial score (nSPS) is 10.1. The summed E-state index contributed by atoms with van der Waals surface area (Å²) in [5, 5.41) is 2.85. The number of carbonyl (C=O) groups is 2. The Morgan fingerprint density at radius 3 is 2.33 bits per heavy atom. The number of urea groups is 1. The third kappa shape index (κ3) is 4.81. The zero-order valence-corrected chi connectivity index (χ0v) is 14.2. The first kappa shape index (κ1) is 17.5. The van der Waals surface area contributed by atoms with Gasteiger partial charge in [0.15, 0.2) is 0 Å². The molecule has 2 aromatic rings. The van der Waals surface area contributed by atoms with Crippen LogP contribution < -0.4 is 5.32 Å². The van der Waals surface area contributed by atoms with Crippen LogP contribution >= 0.6 is 0 Å². The molecule has 0 saturated heterocycles. The minimum absolute atomic E-state index is 0.0410. The highest BCUT2D eigenvalue weighted by atomic mass is 16.2. The molecule has 0 saturated carbocycles. The number of hydrogen-bond acceptors (Lipinski definition) is 3. The molecule has 2 rings (SSSR count). The van der Waals surface area contributed by atoms with E-state index in [1.54, 1.807) is 44.4 Å². The molecule has 1 aromatic heterocycles. The number of aromatic nitrogens is 1. The summed E-state index contributed by atoms with van der Waals surface area (Å²) in [7, 11) is 5.16. The molecule has 0 aliphatic heterocycles. The van der Waals surface area contributed by atoms with Crippen LogP contribution in [0.1, 0.15) is 21.6 Å². The molecule has 24 heavy (non-hydrogen) atoms. The summed E-state index contributed by atoms with van der Waals surface area (Å²) in [5.74, 6) is -0.0410. The first-order chi connectivity index (χ1) is 11.5. The number of amides is 3. The molecule has 6 heteroatoms. The van der Waals surface area contributed by atoms with Gasteiger partial charge >= 0.3 is 6.03 Å².